The van der Waals surface area contributed by atoms with E-state index in [4.69, 9.17) is 25.8 Å². The van der Waals surface area contributed by atoms with E-state index in [2.05, 4.69) is 22.0 Å². The Hall–Kier alpha value is -3.07. The average molecular weight is 511 g/mol. The first-order valence-corrected chi connectivity index (χ1v) is 12.6. The summed E-state index contributed by atoms with van der Waals surface area (Å²) in [6.07, 6.45) is 5.08. The van der Waals surface area contributed by atoms with Crippen LogP contribution in [0.1, 0.15) is 18.1 Å². The molecule has 3 heterocycles. The van der Waals surface area contributed by atoms with Gasteiger partial charge in [-0.1, -0.05) is 23.7 Å². The number of amides is 1. The quantitative estimate of drug-likeness (QED) is 0.481. The number of aryl methyl sites for hydroxylation is 1. The first-order chi connectivity index (χ1) is 17.4. The summed E-state index contributed by atoms with van der Waals surface area (Å²) in [5.41, 5.74) is 2.99. The van der Waals surface area contributed by atoms with E-state index in [0.29, 0.717) is 24.8 Å². The van der Waals surface area contributed by atoms with E-state index >= 15 is 0 Å². The highest BCUT2D eigenvalue weighted by atomic mass is 35.5. The maximum absolute atomic E-state index is 11.6. The highest BCUT2D eigenvalue weighted by molar-refractivity contribution is 6.31. The van der Waals surface area contributed by atoms with Crippen LogP contribution in [0.25, 0.3) is 0 Å². The molecule has 0 N–H and O–H groups in total. The van der Waals surface area contributed by atoms with Crippen molar-refractivity contribution in [3.05, 3.63) is 77.3 Å². The molecule has 0 aliphatic carbocycles. The van der Waals surface area contributed by atoms with Gasteiger partial charge in [0.05, 0.1) is 19.5 Å². The summed E-state index contributed by atoms with van der Waals surface area (Å²) in [5, 5.41) is 0.608. The topological polar surface area (TPSA) is 69.1 Å². The number of ether oxygens (including phenoxy) is 3. The predicted molar refractivity (Wildman–Crippen MR) is 137 cm³/mol. The van der Waals surface area contributed by atoms with Gasteiger partial charge in [-0.2, -0.15) is 0 Å². The molecule has 8 nitrogen and oxygen atoms in total. The van der Waals surface area contributed by atoms with Gasteiger partial charge in [0.1, 0.15) is 18.5 Å². The Labute approximate surface area is 216 Å². The van der Waals surface area contributed by atoms with Crippen LogP contribution in [0, 0.1) is 6.92 Å². The normalized spacial score (nSPS) is 22.1. The molecule has 2 aromatic carbocycles. The van der Waals surface area contributed by atoms with Gasteiger partial charge >= 0.3 is 0 Å². The molecule has 2 fully saturated rings. The van der Waals surface area contributed by atoms with Crippen LogP contribution in [-0.2, 0) is 26.6 Å². The van der Waals surface area contributed by atoms with Gasteiger partial charge in [0.2, 0.25) is 11.7 Å². The van der Waals surface area contributed by atoms with Crippen LogP contribution in [0.15, 0.2) is 61.2 Å². The van der Waals surface area contributed by atoms with E-state index in [1.54, 1.807) is 19.4 Å². The van der Waals surface area contributed by atoms with E-state index in [-0.39, 0.29) is 12.0 Å². The summed E-state index contributed by atoms with van der Waals surface area (Å²) in [7, 11) is 0. The minimum Gasteiger partial charge on any atom is -0.491 e. The molecule has 3 aromatic rings. The lowest BCUT2D eigenvalue weighted by atomic mass is 10.0. The number of benzene rings is 2. The SMILES string of the molecule is CC(=O)N1CCN(c2ccc(OCC3COC(Cn4ccnc4)(c4ccc(C)cc4Cl)O3)cc2)CC1. The molecule has 2 aliphatic heterocycles. The van der Waals surface area contributed by atoms with Gasteiger partial charge in [-0.05, 0) is 42.8 Å². The second-order valence-corrected chi connectivity index (χ2v) is 9.73. The van der Waals surface area contributed by atoms with E-state index in [9.17, 15) is 4.79 Å². The molecule has 36 heavy (non-hydrogen) atoms. The standard InChI is InChI=1S/C27H31ClN4O4/c1-20-3-8-25(26(28)15-20)27(18-30-10-9-29-19-30)35-17-24(36-27)16-34-23-6-4-22(5-7-23)32-13-11-31(12-14-32)21(2)33/h3-10,15,19,24H,11-14,16-18H2,1-2H3. The minimum absolute atomic E-state index is 0.134. The molecule has 1 amide bonds. The van der Waals surface area contributed by atoms with Crippen molar-refractivity contribution in [2.45, 2.75) is 32.3 Å². The maximum Gasteiger partial charge on any atom is 0.219 e. The van der Waals surface area contributed by atoms with Crippen LogP contribution >= 0.6 is 11.6 Å². The fraction of sp³-hybridized carbons (Fsp3) is 0.407. The van der Waals surface area contributed by atoms with Crippen molar-refractivity contribution in [3.8, 4) is 5.75 Å². The molecule has 2 atom stereocenters. The summed E-state index contributed by atoms with van der Waals surface area (Å²) in [6, 6.07) is 13.9. The largest absolute Gasteiger partial charge is 0.491 e. The Balaban J connectivity index is 1.22. The smallest absolute Gasteiger partial charge is 0.219 e. The second-order valence-electron chi connectivity index (χ2n) is 9.32. The molecule has 2 unspecified atom stereocenters. The lowest BCUT2D eigenvalue weighted by Gasteiger charge is -2.35. The molecule has 0 radical (unpaired) electrons. The summed E-state index contributed by atoms with van der Waals surface area (Å²) in [4.78, 5) is 19.9. The van der Waals surface area contributed by atoms with E-state index in [1.165, 1.54) is 0 Å². The molecular formula is C27H31ClN4O4. The molecule has 190 valence electrons. The lowest BCUT2D eigenvalue weighted by Crippen LogP contribution is -2.48. The van der Waals surface area contributed by atoms with E-state index in [0.717, 1.165) is 48.7 Å². The number of piperazine rings is 1. The number of nitrogens with zero attached hydrogens (tertiary/aromatic N) is 4. The number of rotatable bonds is 7. The fourth-order valence-electron chi connectivity index (χ4n) is 4.73. The highest BCUT2D eigenvalue weighted by Gasteiger charge is 2.45. The molecule has 0 saturated carbocycles. The lowest BCUT2D eigenvalue weighted by molar-refractivity contribution is -0.189. The number of halogens is 1. The van der Waals surface area contributed by atoms with Crippen molar-refractivity contribution in [2.75, 3.05) is 44.3 Å². The maximum atomic E-state index is 11.6. The molecule has 2 aliphatic rings. The Morgan fingerprint density at radius 3 is 2.61 bits per heavy atom. The van der Waals surface area contributed by atoms with Crippen molar-refractivity contribution in [1.29, 1.82) is 0 Å². The fourth-order valence-corrected chi connectivity index (χ4v) is 5.11. The third kappa shape index (κ3) is 5.36. The monoisotopic (exact) mass is 510 g/mol. The number of imidazole rings is 1. The van der Waals surface area contributed by atoms with E-state index < -0.39 is 5.79 Å². The van der Waals surface area contributed by atoms with Crippen LogP contribution in [0.2, 0.25) is 5.02 Å². The Kier molecular flexibility index (Phi) is 7.18. The number of hydrogen-bond donors (Lipinski definition) is 0. The number of aromatic nitrogens is 2. The van der Waals surface area contributed by atoms with Gasteiger partial charge in [-0.3, -0.25) is 4.79 Å². The Bertz CT molecular complexity index is 1180. The first kappa shape index (κ1) is 24.6. The van der Waals surface area contributed by atoms with Gasteiger partial charge < -0.3 is 28.6 Å². The summed E-state index contributed by atoms with van der Waals surface area (Å²) < 4.78 is 20.7. The van der Waals surface area contributed by atoms with E-state index in [1.807, 2.05) is 52.9 Å². The molecule has 0 bridgehead atoms. The number of anilines is 1. The zero-order valence-corrected chi connectivity index (χ0v) is 21.4. The van der Waals surface area contributed by atoms with Crippen LogP contribution in [0.4, 0.5) is 5.69 Å². The van der Waals surface area contributed by atoms with Gasteiger partial charge in [0, 0.05) is 61.8 Å². The van der Waals surface area contributed by atoms with Gasteiger partial charge in [0.15, 0.2) is 0 Å². The van der Waals surface area contributed by atoms with Crippen LogP contribution in [0.3, 0.4) is 0 Å². The zero-order chi connectivity index (χ0) is 25.1. The predicted octanol–water partition coefficient (Wildman–Crippen LogP) is 3.86. The summed E-state index contributed by atoms with van der Waals surface area (Å²) >= 11 is 6.62. The van der Waals surface area contributed by atoms with Crippen molar-refractivity contribution < 1.29 is 19.0 Å². The molecule has 0 spiro atoms. The second kappa shape index (κ2) is 10.5. The third-order valence-electron chi connectivity index (χ3n) is 6.71. The van der Waals surface area contributed by atoms with Crippen LogP contribution in [0.5, 0.6) is 5.75 Å². The highest BCUT2D eigenvalue weighted by Crippen LogP contribution is 2.40. The zero-order valence-electron chi connectivity index (χ0n) is 20.6. The van der Waals surface area contributed by atoms with Crippen molar-refractivity contribution >= 4 is 23.2 Å². The number of carbonyl (C=O) groups is 1. The first-order valence-electron chi connectivity index (χ1n) is 12.2. The van der Waals surface area contributed by atoms with Crippen molar-refractivity contribution in [2.24, 2.45) is 0 Å². The summed E-state index contributed by atoms with van der Waals surface area (Å²) in [5.74, 6) is -0.119. The van der Waals surface area contributed by atoms with Crippen LogP contribution < -0.4 is 9.64 Å². The number of hydrogen-bond acceptors (Lipinski definition) is 6. The Morgan fingerprint density at radius 2 is 1.94 bits per heavy atom. The summed E-state index contributed by atoms with van der Waals surface area (Å²) in [6.45, 7) is 7.94. The average Bonchev–Trinajstić information content (AvgIpc) is 3.54. The molecule has 2 saturated heterocycles. The molecule has 9 heteroatoms. The third-order valence-corrected chi connectivity index (χ3v) is 7.02. The molecule has 1 aromatic heterocycles. The van der Waals surface area contributed by atoms with Gasteiger partial charge in [-0.25, -0.2) is 4.98 Å². The van der Waals surface area contributed by atoms with Crippen LogP contribution in [-0.4, -0.2) is 65.9 Å². The minimum atomic E-state index is -1.02. The Morgan fingerprint density at radius 1 is 1.17 bits per heavy atom. The van der Waals surface area contributed by atoms with Gasteiger partial charge in [-0.15, -0.1) is 0 Å². The molecular weight excluding hydrogens is 480 g/mol. The number of carbonyl (C=O) groups excluding carboxylic acids is 1. The van der Waals surface area contributed by atoms with Gasteiger partial charge in [0.25, 0.3) is 0 Å². The van der Waals surface area contributed by atoms with Crippen molar-refractivity contribution in [1.82, 2.24) is 14.5 Å². The van der Waals surface area contributed by atoms with Crippen molar-refractivity contribution in [3.63, 3.8) is 0 Å². The molecule has 5 rings (SSSR count).